The molecule has 1 aromatic carbocycles. The Kier molecular flexibility index (Phi) is 4.25. The van der Waals surface area contributed by atoms with Crippen molar-refractivity contribution in [3.05, 3.63) is 35.4 Å². The number of nitrogens with one attached hydrogen (secondary N) is 2. The van der Waals surface area contributed by atoms with Crippen molar-refractivity contribution in [2.75, 3.05) is 20.1 Å². The van der Waals surface area contributed by atoms with Gasteiger partial charge in [-0.25, -0.2) is 0 Å². The summed E-state index contributed by atoms with van der Waals surface area (Å²) in [6.45, 7) is 5.75. The topological polar surface area (TPSA) is 41.1 Å². The molecule has 1 amide bonds. The number of hydrogen-bond acceptors (Lipinski definition) is 2. The maximum Gasteiger partial charge on any atom is 0.233 e. The van der Waals surface area contributed by atoms with Crippen LogP contribution in [0.1, 0.15) is 43.7 Å². The van der Waals surface area contributed by atoms with Crippen LogP contribution >= 0.6 is 0 Å². The summed E-state index contributed by atoms with van der Waals surface area (Å²) in [6.07, 6.45) is 2.32. The van der Waals surface area contributed by atoms with Crippen molar-refractivity contribution >= 4 is 5.91 Å². The quantitative estimate of drug-likeness (QED) is 0.871. The third-order valence-corrected chi connectivity index (χ3v) is 4.13. The predicted octanol–water partition coefficient (Wildman–Crippen LogP) is 2.18. The van der Waals surface area contributed by atoms with E-state index in [2.05, 4.69) is 48.7 Å². The average Bonchev–Trinajstić information content (AvgIpc) is 2.38. The summed E-state index contributed by atoms with van der Waals surface area (Å²) in [6, 6.07) is 8.66. The molecule has 1 aliphatic rings. The highest BCUT2D eigenvalue weighted by Gasteiger charge is 2.32. The smallest absolute Gasteiger partial charge is 0.233 e. The number of likely N-dealkylation sites (N-methyl/N-ethyl adjacent to an activating group) is 1. The summed E-state index contributed by atoms with van der Waals surface area (Å²) >= 11 is 0. The molecule has 2 N–H and O–H groups in total. The van der Waals surface area contributed by atoms with Crippen LogP contribution in [-0.4, -0.2) is 26.0 Å². The minimum absolute atomic E-state index is 0.0739. The SMILES string of the molecule is CNCC(=O)NCC1CCC(C)(C)c2ccccc21. The van der Waals surface area contributed by atoms with E-state index in [1.54, 1.807) is 7.05 Å². The van der Waals surface area contributed by atoms with E-state index in [1.165, 1.54) is 17.5 Å². The molecule has 0 spiro atoms. The number of fused-ring (bicyclic) bond motifs is 1. The molecular formula is C16H24N2O. The van der Waals surface area contributed by atoms with Crippen LogP contribution in [0.2, 0.25) is 0 Å². The van der Waals surface area contributed by atoms with Crippen molar-refractivity contribution in [2.24, 2.45) is 0 Å². The summed E-state index contributed by atoms with van der Waals surface area (Å²) in [4.78, 5) is 11.6. The van der Waals surface area contributed by atoms with Crippen molar-refractivity contribution < 1.29 is 4.79 Å². The third kappa shape index (κ3) is 3.16. The van der Waals surface area contributed by atoms with Gasteiger partial charge in [0.15, 0.2) is 0 Å². The van der Waals surface area contributed by atoms with Gasteiger partial charge in [0.05, 0.1) is 6.54 Å². The van der Waals surface area contributed by atoms with Crippen LogP contribution in [0.5, 0.6) is 0 Å². The standard InChI is InChI=1S/C16H24N2O/c1-16(2)9-8-12(10-18-15(19)11-17-3)13-6-4-5-7-14(13)16/h4-7,12,17H,8-11H2,1-3H3,(H,18,19). The molecule has 3 nitrogen and oxygen atoms in total. The second-order valence-corrected chi connectivity index (χ2v) is 6.04. The Morgan fingerprint density at radius 2 is 2.11 bits per heavy atom. The molecule has 0 fully saturated rings. The van der Waals surface area contributed by atoms with Gasteiger partial charge in [-0.3, -0.25) is 4.79 Å². The third-order valence-electron chi connectivity index (χ3n) is 4.13. The van der Waals surface area contributed by atoms with Crippen molar-refractivity contribution in [2.45, 2.75) is 38.0 Å². The van der Waals surface area contributed by atoms with E-state index in [9.17, 15) is 4.79 Å². The average molecular weight is 260 g/mol. The molecular weight excluding hydrogens is 236 g/mol. The fourth-order valence-corrected chi connectivity index (χ4v) is 2.97. The van der Waals surface area contributed by atoms with Crippen molar-refractivity contribution in [3.8, 4) is 0 Å². The van der Waals surface area contributed by atoms with E-state index in [4.69, 9.17) is 0 Å². The molecule has 104 valence electrons. The van der Waals surface area contributed by atoms with Gasteiger partial charge in [-0.15, -0.1) is 0 Å². The Hall–Kier alpha value is -1.35. The first kappa shape index (κ1) is 14.1. The van der Waals surface area contributed by atoms with E-state index in [1.807, 2.05) is 0 Å². The number of carbonyl (C=O) groups excluding carboxylic acids is 1. The van der Waals surface area contributed by atoms with Gasteiger partial charge in [0.1, 0.15) is 0 Å². The van der Waals surface area contributed by atoms with Gasteiger partial charge in [-0.1, -0.05) is 38.1 Å². The van der Waals surface area contributed by atoms with E-state index in [0.29, 0.717) is 12.5 Å². The Balaban J connectivity index is 2.10. The fourth-order valence-electron chi connectivity index (χ4n) is 2.97. The lowest BCUT2D eigenvalue weighted by atomic mass is 9.69. The highest BCUT2D eigenvalue weighted by atomic mass is 16.1. The fraction of sp³-hybridized carbons (Fsp3) is 0.562. The van der Waals surface area contributed by atoms with Gasteiger partial charge >= 0.3 is 0 Å². The maximum absolute atomic E-state index is 11.6. The maximum atomic E-state index is 11.6. The Bertz CT molecular complexity index is 454. The Morgan fingerprint density at radius 1 is 1.37 bits per heavy atom. The normalized spacial score (nSPS) is 20.7. The van der Waals surface area contributed by atoms with Gasteiger partial charge in [-0.05, 0) is 36.4 Å². The van der Waals surface area contributed by atoms with Crippen LogP contribution in [0.4, 0.5) is 0 Å². The van der Waals surface area contributed by atoms with E-state index < -0.39 is 0 Å². The van der Waals surface area contributed by atoms with Crippen LogP contribution in [0.25, 0.3) is 0 Å². The molecule has 19 heavy (non-hydrogen) atoms. The molecule has 0 aliphatic heterocycles. The van der Waals surface area contributed by atoms with Crippen LogP contribution in [-0.2, 0) is 10.2 Å². The monoisotopic (exact) mass is 260 g/mol. The van der Waals surface area contributed by atoms with Crippen LogP contribution in [0.3, 0.4) is 0 Å². The summed E-state index contributed by atoms with van der Waals surface area (Å²) in [5, 5.41) is 5.90. The highest BCUT2D eigenvalue weighted by molar-refractivity contribution is 5.78. The number of benzene rings is 1. The summed E-state index contributed by atoms with van der Waals surface area (Å²) in [5.74, 6) is 0.523. The lowest BCUT2D eigenvalue weighted by Crippen LogP contribution is -2.37. The van der Waals surface area contributed by atoms with Crippen molar-refractivity contribution in [1.82, 2.24) is 10.6 Å². The molecule has 1 unspecified atom stereocenters. The molecule has 0 aromatic heterocycles. The molecule has 1 atom stereocenters. The minimum Gasteiger partial charge on any atom is -0.354 e. The van der Waals surface area contributed by atoms with Gasteiger partial charge in [-0.2, -0.15) is 0 Å². The number of carbonyl (C=O) groups is 1. The van der Waals surface area contributed by atoms with Gasteiger partial charge < -0.3 is 10.6 Å². The molecule has 0 saturated carbocycles. The van der Waals surface area contributed by atoms with E-state index in [-0.39, 0.29) is 11.3 Å². The van der Waals surface area contributed by atoms with Crippen molar-refractivity contribution in [1.29, 1.82) is 0 Å². The second kappa shape index (κ2) is 5.74. The molecule has 1 aromatic rings. The first-order valence-corrected chi connectivity index (χ1v) is 7.05. The molecule has 3 heteroatoms. The van der Waals surface area contributed by atoms with Crippen molar-refractivity contribution in [3.63, 3.8) is 0 Å². The molecule has 0 heterocycles. The first-order valence-electron chi connectivity index (χ1n) is 7.05. The number of amides is 1. The van der Waals surface area contributed by atoms with Crippen LogP contribution < -0.4 is 10.6 Å². The lowest BCUT2D eigenvalue weighted by Gasteiger charge is -2.37. The van der Waals surface area contributed by atoms with Crippen LogP contribution in [0.15, 0.2) is 24.3 Å². The summed E-state index contributed by atoms with van der Waals surface area (Å²) in [7, 11) is 1.79. The van der Waals surface area contributed by atoms with Gasteiger partial charge in [0, 0.05) is 12.5 Å². The second-order valence-electron chi connectivity index (χ2n) is 6.04. The molecule has 1 aliphatic carbocycles. The first-order chi connectivity index (χ1) is 9.04. The summed E-state index contributed by atoms with van der Waals surface area (Å²) < 4.78 is 0. The van der Waals surface area contributed by atoms with Crippen LogP contribution in [0, 0.1) is 0 Å². The zero-order chi connectivity index (χ0) is 13.9. The van der Waals surface area contributed by atoms with Gasteiger partial charge in [0.2, 0.25) is 5.91 Å². The molecule has 2 rings (SSSR count). The zero-order valence-electron chi connectivity index (χ0n) is 12.1. The molecule has 0 radical (unpaired) electrons. The lowest BCUT2D eigenvalue weighted by molar-refractivity contribution is -0.120. The Morgan fingerprint density at radius 3 is 2.84 bits per heavy atom. The zero-order valence-corrected chi connectivity index (χ0v) is 12.1. The molecule has 0 bridgehead atoms. The summed E-state index contributed by atoms with van der Waals surface area (Å²) in [5.41, 5.74) is 3.10. The highest BCUT2D eigenvalue weighted by Crippen LogP contribution is 2.41. The van der Waals surface area contributed by atoms with E-state index >= 15 is 0 Å². The minimum atomic E-state index is 0.0739. The number of rotatable bonds is 4. The largest absolute Gasteiger partial charge is 0.354 e. The Labute approximate surface area is 115 Å². The van der Waals surface area contributed by atoms with E-state index in [0.717, 1.165) is 13.0 Å². The number of hydrogen-bond donors (Lipinski definition) is 2. The predicted molar refractivity (Wildman–Crippen MR) is 78.4 cm³/mol. The molecule has 0 saturated heterocycles. The van der Waals surface area contributed by atoms with Gasteiger partial charge in [0.25, 0.3) is 0 Å².